The quantitative estimate of drug-likeness (QED) is 0.186. The van der Waals surface area contributed by atoms with Gasteiger partial charge in [0.2, 0.25) is 5.69 Å². The Morgan fingerprint density at radius 2 is 1.35 bits per heavy atom. The second-order valence-corrected chi connectivity index (χ2v) is 17.4. The smallest absolute Gasteiger partial charge is 0.228 e. The number of nitrogens with zero attached hydrogens (tertiary/aromatic N) is 1. The fraction of sp³-hybridized carbons (Fsp3) is 0.525. The van der Waals surface area contributed by atoms with Crippen molar-refractivity contribution in [2.45, 2.75) is 101 Å². The number of pyridine rings is 1. The molecule has 0 fully saturated rings. The van der Waals surface area contributed by atoms with Gasteiger partial charge in [0.1, 0.15) is 18.5 Å². The van der Waals surface area contributed by atoms with Crippen LogP contribution < -0.4 is 9.30 Å². The minimum absolute atomic E-state index is 0.0836. The molecular weight excluding hydrogens is 526 g/mol. The summed E-state index contributed by atoms with van der Waals surface area (Å²) in [7, 11) is 4.01. The molecule has 0 spiro atoms. The third-order valence-electron chi connectivity index (χ3n) is 8.50. The van der Waals surface area contributed by atoms with E-state index in [1.807, 2.05) is 7.11 Å². The Bertz CT molecular complexity index is 1700. The number of fused-ring (bicyclic) bond motifs is 3. The predicted molar refractivity (Wildman–Crippen MR) is 183 cm³/mol. The van der Waals surface area contributed by atoms with E-state index in [1.54, 1.807) is 0 Å². The Morgan fingerprint density at radius 1 is 0.721 bits per heavy atom. The lowest BCUT2D eigenvalue weighted by atomic mass is 9.73. The molecular formula is C40H54NO2+. The van der Waals surface area contributed by atoms with E-state index in [-0.39, 0.29) is 21.7 Å². The molecule has 4 aromatic rings. The number of rotatable bonds is 6. The predicted octanol–water partition coefficient (Wildman–Crippen LogP) is 10.3. The van der Waals surface area contributed by atoms with Crippen LogP contribution in [-0.2, 0) is 36.5 Å². The molecule has 2 heterocycles. The van der Waals surface area contributed by atoms with Crippen molar-refractivity contribution in [1.29, 1.82) is 0 Å². The first kappa shape index (κ1) is 31.5. The molecule has 0 saturated heterocycles. The zero-order valence-corrected chi connectivity index (χ0v) is 29.1. The molecule has 43 heavy (non-hydrogen) atoms. The normalized spacial score (nSPS) is 13.9. The highest BCUT2D eigenvalue weighted by molar-refractivity contribution is 6.07. The molecule has 0 radical (unpaired) electrons. The van der Waals surface area contributed by atoms with Gasteiger partial charge in [0.25, 0.3) is 0 Å². The second kappa shape index (κ2) is 10.6. The van der Waals surface area contributed by atoms with Gasteiger partial charge < -0.3 is 9.47 Å². The van der Waals surface area contributed by atoms with Crippen molar-refractivity contribution in [3.05, 3.63) is 64.8 Å². The van der Waals surface area contributed by atoms with Crippen molar-refractivity contribution < 1.29 is 14.0 Å². The minimum Gasteiger partial charge on any atom is -0.455 e. The largest absolute Gasteiger partial charge is 0.455 e. The summed E-state index contributed by atoms with van der Waals surface area (Å²) >= 11 is 0. The van der Waals surface area contributed by atoms with Gasteiger partial charge in [-0.15, -0.1) is 0 Å². The van der Waals surface area contributed by atoms with E-state index in [4.69, 9.17) is 9.47 Å². The summed E-state index contributed by atoms with van der Waals surface area (Å²) in [5.41, 5.74) is 8.01. The van der Waals surface area contributed by atoms with E-state index in [2.05, 4.69) is 130 Å². The summed E-state index contributed by atoms with van der Waals surface area (Å²) in [5.74, 6) is 2.00. The average Bonchev–Trinajstić information content (AvgIpc) is 2.82. The zero-order valence-electron chi connectivity index (χ0n) is 29.1. The van der Waals surface area contributed by atoms with Crippen LogP contribution in [0.15, 0.2) is 42.6 Å². The molecule has 0 aliphatic carbocycles. The molecule has 1 aromatic heterocycles. The molecule has 3 nitrogen and oxygen atoms in total. The minimum atomic E-state index is -0.250. The van der Waals surface area contributed by atoms with Crippen LogP contribution in [0.3, 0.4) is 0 Å². The lowest BCUT2D eigenvalue weighted by molar-refractivity contribution is -0.659. The molecule has 0 atom stereocenters. The van der Waals surface area contributed by atoms with E-state index in [9.17, 15) is 0 Å². The van der Waals surface area contributed by atoms with Crippen molar-refractivity contribution in [2.75, 3.05) is 13.7 Å². The van der Waals surface area contributed by atoms with Gasteiger partial charge in [-0.05, 0) is 74.4 Å². The number of methoxy groups -OCH3 is 1. The average molecular weight is 581 g/mol. The molecule has 0 unspecified atom stereocenters. The zero-order chi connectivity index (χ0) is 31.7. The van der Waals surface area contributed by atoms with Gasteiger partial charge in [0.15, 0.2) is 6.20 Å². The van der Waals surface area contributed by atoms with Gasteiger partial charge in [-0.25, -0.2) is 4.57 Å². The number of benzene rings is 3. The van der Waals surface area contributed by atoms with Crippen LogP contribution in [0.5, 0.6) is 11.5 Å². The van der Waals surface area contributed by atoms with E-state index in [0.717, 1.165) is 30.8 Å². The maximum absolute atomic E-state index is 7.22. The Hall–Kier alpha value is -2.91. The van der Waals surface area contributed by atoms with Crippen LogP contribution >= 0.6 is 0 Å². The molecule has 0 N–H and O–H groups in total. The van der Waals surface area contributed by atoms with Crippen molar-refractivity contribution in [1.82, 2.24) is 0 Å². The molecule has 0 bridgehead atoms. The number of ether oxygens (including phenoxy) is 2. The highest BCUT2D eigenvalue weighted by Crippen LogP contribution is 2.54. The Kier molecular flexibility index (Phi) is 7.78. The van der Waals surface area contributed by atoms with Crippen molar-refractivity contribution in [3.8, 4) is 22.8 Å². The van der Waals surface area contributed by atoms with Crippen LogP contribution in [0.1, 0.15) is 98.4 Å². The summed E-state index contributed by atoms with van der Waals surface area (Å²) in [6.45, 7) is 26.2. The molecule has 230 valence electrons. The fourth-order valence-electron chi connectivity index (χ4n) is 7.22. The topological polar surface area (TPSA) is 22.3 Å². The van der Waals surface area contributed by atoms with Crippen molar-refractivity contribution >= 4 is 21.5 Å². The lowest BCUT2D eigenvalue weighted by Gasteiger charge is -2.34. The van der Waals surface area contributed by atoms with Gasteiger partial charge in [-0.2, -0.15) is 0 Å². The summed E-state index contributed by atoms with van der Waals surface area (Å²) in [5, 5.41) is 5.08. The number of hydrogen-bond donors (Lipinski definition) is 0. The molecule has 3 aromatic carbocycles. The van der Waals surface area contributed by atoms with Crippen molar-refractivity contribution in [2.24, 2.45) is 23.3 Å². The van der Waals surface area contributed by atoms with Crippen LogP contribution in [0, 0.1) is 16.2 Å². The van der Waals surface area contributed by atoms with E-state index < -0.39 is 0 Å². The summed E-state index contributed by atoms with van der Waals surface area (Å²) < 4.78 is 15.4. The van der Waals surface area contributed by atoms with Gasteiger partial charge >= 0.3 is 0 Å². The van der Waals surface area contributed by atoms with E-state index >= 15 is 0 Å². The Morgan fingerprint density at radius 3 is 1.95 bits per heavy atom. The maximum Gasteiger partial charge on any atom is 0.228 e. The van der Waals surface area contributed by atoms with Crippen LogP contribution in [0.2, 0.25) is 0 Å². The highest BCUT2D eigenvalue weighted by atomic mass is 16.5. The maximum atomic E-state index is 7.22. The third-order valence-corrected chi connectivity index (χ3v) is 8.50. The van der Waals surface area contributed by atoms with Gasteiger partial charge in [0.05, 0.1) is 17.6 Å². The van der Waals surface area contributed by atoms with E-state index in [1.165, 1.54) is 55.1 Å². The first-order chi connectivity index (χ1) is 19.8. The number of aromatic nitrogens is 1. The first-order valence-electron chi connectivity index (χ1n) is 16.0. The standard InChI is InChI=1S/C40H54NO2/c1-37(2,3)21-25-14-15-28-29(19-25)34(40(10,11)24-42-13)33-35-32-27(16-17-41(35)12)18-26(22-38(4,5)6)20-31(32)43-36(33)30(28)23-39(7,8)9/h14-20H,21-24H2,1-13H3/q+1. The first-order valence-corrected chi connectivity index (χ1v) is 16.0. The Balaban J connectivity index is 1.97. The van der Waals surface area contributed by atoms with Crippen LogP contribution in [0.4, 0.5) is 0 Å². The number of aryl methyl sites for hydroxylation is 1. The Labute approximate surface area is 260 Å². The van der Waals surface area contributed by atoms with Gasteiger partial charge in [-0.1, -0.05) is 100 Å². The number of hydrogen-bond acceptors (Lipinski definition) is 2. The van der Waals surface area contributed by atoms with Gasteiger partial charge in [-0.3, -0.25) is 0 Å². The van der Waals surface area contributed by atoms with Crippen LogP contribution in [0.25, 0.3) is 32.8 Å². The molecule has 0 saturated carbocycles. The van der Waals surface area contributed by atoms with Crippen molar-refractivity contribution in [3.63, 3.8) is 0 Å². The fourth-order valence-corrected chi connectivity index (χ4v) is 7.22. The monoisotopic (exact) mass is 580 g/mol. The lowest BCUT2D eigenvalue weighted by Crippen LogP contribution is -2.34. The highest BCUT2D eigenvalue weighted by Gasteiger charge is 2.39. The molecule has 1 aliphatic rings. The SMILES string of the molecule is COCC(C)(C)c1c2c(c(CC(C)(C)C)c3ccc(CC(C)(C)C)cc13)Oc1cc(CC(C)(C)C)cc3cc[n+](C)c-2c13. The molecule has 5 rings (SSSR count). The second-order valence-electron chi connectivity index (χ2n) is 17.4. The molecule has 3 heteroatoms. The molecule has 1 aliphatic heterocycles. The summed E-state index contributed by atoms with van der Waals surface area (Å²) in [6, 6.07) is 14.1. The molecule has 0 amide bonds. The van der Waals surface area contributed by atoms with Gasteiger partial charge in [0, 0.05) is 24.2 Å². The van der Waals surface area contributed by atoms with E-state index in [0.29, 0.717) is 6.61 Å². The summed E-state index contributed by atoms with van der Waals surface area (Å²) in [4.78, 5) is 0. The van der Waals surface area contributed by atoms with Crippen LogP contribution in [-0.4, -0.2) is 13.7 Å². The summed E-state index contributed by atoms with van der Waals surface area (Å²) in [6.07, 6.45) is 5.18. The third kappa shape index (κ3) is 6.34.